The second-order valence-corrected chi connectivity index (χ2v) is 8.60. The first kappa shape index (κ1) is 19.0. The molecule has 0 unspecified atom stereocenters. The Morgan fingerprint density at radius 1 is 0.920 bits per heavy atom. The number of benzene rings is 2. The number of amides is 2. The molecule has 2 aromatic carbocycles. The van der Waals surface area contributed by atoms with Gasteiger partial charge in [0.15, 0.2) is 0 Å². The highest BCUT2D eigenvalue weighted by Crippen LogP contribution is 2.14. The third-order valence-electron chi connectivity index (χ3n) is 3.78. The molecule has 0 bridgehead atoms. The first-order chi connectivity index (χ1) is 11.6. The lowest BCUT2D eigenvalue weighted by atomic mass is 9.94. The van der Waals surface area contributed by atoms with Crippen LogP contribution in [0.25, 0.3) is 0 Å². The number of hydrogen-bond donors (Lipinski definition) is 2. The van der Waals surface area contributed by atoms with Crippen LogP contribution in [0.5, 0.6) is 0 Å². The number of carbonyl (C=O) groups is 1. The maximum atomic E-state index is 12.3. The van der Waals surface area contributed by atoms with Crippen molar-refractivity contribution in [2.24, 2.45) is 0 Å². The van der Waals surface area contributed by atoms with Crippen molar-refractivity contribution in [1.82, 2.24) is 10.0 Å². The van der Waals surface area contributed by atoms with E-state index in [9.17, 15) is 13.2 Å². The Bertz CT molecular complexity index is 839. The molecule has 0 atom stereocenters. The van der Waals surface area contributed by atoms with Crippen molar-refractivity contribution in [3.8, 4) is 0 Å². The van der Waals surface area contributed by atoms with E-state index in [1.165, 1.54) is 12.1 Å². The fourth-order valence-electron chi connectivity index (χ4n) is 2.49. The summed E-state index contributed by atoms with van der Waals surface area (Å²) >= 11 is 0. The summed E-state index contributed by atoms with van der Waals surface area (Å²) in [5.41, 5.74) is 2.58. The molecule has 5 nitrogen and oxygen atoms in total. The molecule has 2 N–H and O–H groups in total. The summed E-state index contributed by atoms with van der Waals surface area (Å²) in [6.07, 6.45) is 0.589. The Kier molecular flexibility index (Phi) is 5.52. The molecule has 0 fully saturated rings. The maximum absolute atomic E-state index is 12.3. The topological polar surface area (TPSA) is 75.3 Å². The van der Waals surface area contributed by atoms with Crippen LogP contribution in [0.3, 0.4) is 0 Å². The van der Waals surface area contributed by atoms with E-state index in [2.05, 4.69) is 10.0 Å². The predicted octanol–water partition coefficient (Wildman–Crippen LogP) is 3.31. The van der Waals surface area contributed by atoms with E-state index in [0.29, 0.717) is 6.42 Å². The second kappa shape index (κ2) is 7.27. The van der Waals surface area contributed by atoms with Gasteiger partial charge in [0.25, 0.3) is 10.0 Å². The number of sulfonamides is 1. The molecule has 0 heterocycles. The monoisotopic (exact) mass is 360 g/mol. The van der Waals surface area contributed by atoms with Crippen LogP contribution in [0.2, 0.25) is 0 Å². The molecule has 0 spiro atoms. The van der Waals surface area contributed by atoms with Gasteiger partial charge in [0, 0.05) is 5.54 Å². The van der Waals surface area contributed by atoms with Crippen molar-refractivity contribution in [3.63, 3.8) is 0 Å². The van der Waals surface area contributed by atoms with E-state index in [1.807, 2.05) is 52.0 Å². The quantitative estimate of drug-likeness (QED) is 0.859. The van der Waals surface area contributed by atoms with Crippen molar-refractivity contribution >= 4 is 16.1 Å². The van der Waals surface area contributed by atoms with Gasteiger partial charge in [-0.1, -0.05) is 47.5 Å². The van der Waals surface area contributed by atoms with Crippen LogP contribution in [-0.2, 0) is 16.4 Å². The molecule has 2 aromatic rings. The molecule has 0 aliphatic rings. The summed E-state index contributed by atoms with van der Waals surface area (Å²) in [4.78, 5) is 12.2. The van der Waals surface area contributed by atoms with Crippen LogP contribution in [0.15, 0.2) is 53.4 Å². The molecular weight excluding hydrogens is 336 g/mol. The average Bonchev–Trinajstić information content (AvgIpc) is 2.48. The minimum atomic E-state index is -3.89. The van der Waals surface area contributed by atoms with E-state index in [1.54, 1.807) is 12.1 Å². The molecule has 0 radical (unpaired) electrons. The standard InChI is InChI=1S/C19H24N2O3S/c1-14-5-9-16(10-6-14)13-19(3,4)20-18(22)21-25(23,24)17-11-7-15(2)8-12-17/h5-12H,13H2,1-4H3,(H2,20,21,22). The van der Waals surface area contributed by atoms with Crippen molar-refractivity contribution in [1.29, 1.82) is 0 Å². The van der Waals surface area contributed by atoms with Gasteiger partial charge in [-0.3, -0.25) is 0 Å². The van der Waals surface area contributed by atoms with E-state index in [-0.39, 0.29) is 4.90 Å². The van der Waals surface area contributed by atoms with Crippen molar-refractivity contribution in [2.75, 3.05) is 0 Å². The van der Waals surface area contributed by atoms with E-state index in [0.717, 1.165) is 16.7 Å². The second-order valence-electron chi connectivity index (χ2n) is 6.92. The molecule has 2 amide bonds. The van der Waals surface area contributed by atoms with Gasteiger partial charge >= 0.3 is 6.03 Å². The lowest BCUT2D eigenvalue weighted by Crippen LogP contribution is -2.50. The predicted molar refractivity (Wildman–Crippen MR) is 99.0 cm³/mol. The van der Waals surface area contributed by atoms with Gasteiger partial charge < -0.3 is 5.32 Å². The Morgan fingerprint density at radius 3 is 1.92 bits per heavy atom. The molecule has 0 saturated carbocycles. The number of rotatable bonds is 5. The van der Waals surface area contributed by atoms with Gasteiger partial charge in [-0.25, -0.2) is 17.9 Å². The summed E-state index contributed by atoms with van der Waals surface area (Å²) in [5.74, 6) is 0. The molecule has 134 valence electrons. The Balaban J connectivity index is 2.02. The van der Waals surface area contributed by atoms with Crippen LogP contribution in [-0.4, -0.2) is 20.0 Å². The first-order valence-corrected chi connectivity index (χ1v) is 9.53. The fourth-order valence-corrected chi connectivity index (χ4v) is 3.40. The van der Waals surface area contributed by atoms with Gasteiger partial charge in [-0.15, -0.1) is 0 Å². The molecule has 0 aliphatic carbocycles. The molecule has 6 heteroatoms. The molecular formula is C19H24N2O3S. The normalized spacial score (nSPS) is 11.8. The lowest BCUT2D eigenvalue weighted by Gasteiger charge is -2.26. The van der Waals surface area contributed by atoms with Gasteiger partial charge in [0.05, 0.1) is 4.90 Å². The molecule has 0 saturated heterocycles. The van der Waals surface area contributed by atoms with Crippen LogP contribution in [0.1, 0.15) is 30.5 Å². The fraction of sp³-hybridized carbons (Fsp3) is 0.316. The Labute approximate surface area is 149 Å². The summed E-state index contributed by atoms with van der Waals surface area (Å²) in [7, 11) is -3.89. The Morgan fingerprint density at radius 2 is 1.40 bits per heavy atom. The molecule has 0 aliphatic heterocycles. The number of aryl methyl sites for hydroxylation is 2. The summed E-state index contributed by atoms with van der Waals surface area (Å²) in [6, 6.07) is 13.6. The minimum Gasteiger partial charge on any atom is -0.332 e. The molecule has 0 aromatic heterocycles. The first-order valence-electron chi connectivity index (χ1n) is 8.05. The smallest absolute Gasteiger partial charge is 0.329 e. The Hall–Kier alpha value is -2.34. The number of nitrogens with one attached hydrogen (secondary N) is 2. The van der Waals surface area contributed by atoms with Gasteiger partial charge in [0.2, 0.25) is 0 Å². The summed E-state index contributed by atoms with van der Waals surface area (Å²) in [5, 5.41) is 2.73. The highest BCUT2D eigenvalue weighted by molar-refractivity contribution is 7.90. The number of carbonyl (C=O) groups excluding carboxylic acids is 1. The average molecular weight is 360 g/mol. The molecule has 25 heavy (non-hydrogen) atoms. The van der Waals surface area contributed by atoms with Crippen molar-refractivity contribution in [3.05, 3.63) is 65.2 Å². The van der Waals surface area contributed by atoms with E-state index < -0.39 is 21.6 Å². The largest absolute Gasteiger partial charge is 0.332 e. The van der Waals surface area contributed by atoms with Crippen LogP contribution < -0.4 is 10.0 Å². The van der Waals surface area contributed by atoms with Crippen LogP contribution in [0.4, 0.5) is 4.79 Å². The third kappa shape index (κ3) is 5.60. The van der Waals surface area contributed by atoms with Crippen LogP contribution in [0, 0.1) is 13.8 Å². The highest BCUT2D eigenvalue weighted by Gasteiger charge is 2.24. The van der Waals surface area contributed by atoms with Gasteiger partial charge in [-0.2, -0.15) is 0 Å². The minimum absolute atomic E-state index is 0.0598. The zero-order valence-corrected chi connectivity index (χ0v) is 15.8. The summed E-state index contributed by atoms with van der Waals surface area (Å²) < 4.78 is 26.6. The third-order valence-corrected chi connectivity index (χ3v) is 5.12. The zero-order valence-electron chi connectivity index (χ0n) is 15.0. The van der Waals surface area contributed by atoms with Crippen LogP contribution >= 0.6 is 0 Å². The van der Waals surface area contributed by atoms with Gasteiger partial charge in [0.1, 0.15) is 0 Å². The number of urea groups is 1. The van der Waals surface area contributed by atoms with Crippen molar-refractivity contribution in [2.45, 2.75) is 44.6 Å². The zero-order chi connectivity index (χ0) is 18.7. The SMILES string of the molecule is Cc1ccc(CC(C)(C)NC(=O)NS(=O)(=O)c2ccc(C)cc2)cc1. The highest BCUT2D eigenvalue weighted by atomic mass is 32.2. The van der Waals surface area contributed by atoms with Gasteiger partial charge in [-0.05, 0) is 51.8 Å². The van der Waals surface area contributed by atoms with E-state index >= 15 is 0 Å². The number of hydrogen-bond acceptors (Lipinski definition) is 3. The molecule has 2 rings (SSSR count). The van der Waals surface area contributed by atoms with Crippen molar-refractivity contribution < 1.29 is 13.2 Å². The lowest BCUT2D eigenvalue weighted by molar-refractivity contribution is 0.235. The van der Waals surface area contributed by atoms with E-state index in [4.69, 9.17) is 0 Å². The maximum Gasteiger partial charge on any atom is 0.329 e. The summed E-state index contributed by atoms with van der Waals surface area (Å²) in [6.45, 7) is 7.58.